The zero-order valence-electron chi connectivity index (χ0n) is 14.1. The second-order valence-electron chi connectivity index (χ2n) is 4.68. The third kappa shape index (κ3) is 10.4. The number of hydrogen-bond acceptors (Lipinski definition) is 7. The Hall–Kier alpha value is -2.04. The van der Waals surface area contributed by atoms with Crippen LogP contribution in [0.25, 0.3) is 0 Å². The lowest BCUT2D eigenvalue weighted by Crippen LogP contribution is -2.28. The molecule has 1 rings (SSSR count). The van der Waals surface area contributed by atoms with Crippen LogP contribution in [0.2, 0.25) is 0 Å². The van der Waals surface area contributed by atoms with Crippen molar-refractivity contribution in [2.45, 2.75) is 19.8 Å². The summed E-state index contributed by atoms with van der Waals surface area (Å²) >= 11 is 0. The van der Waals surface area contributed by atoms with Gasteiger partial charge >= 0.3 is 11.9 Å². The molecule has 25 heavy (non-hydrogen) atoms. The van der Waals surface area contributed by atoms with Crippen LogP contribution >= 0.6 is 0 Å². The second-order valence-corrected chi connectivity index (χ2v) is 4.68. The first-order chi connectivity index (χ1) is 12.0. The first kappa shape index (κ1) is 23.0. The summed E-state index contributed by atoms with van der Waals surface area (Å²) in [6, 6.07) is 5.48. The molecule has 1 aromatic carbocycles. The SMILES string of the molecule is CCCCN(OCCO)OCCO.O=C(O)c1ccccc1C(=O)O. The van der Waals surface area contributed by atoms with Gasteiger partial charge in [-0.25, -0.2) is 9.59 Å². The molecular weight excluding hydrogens is 334 g/mol. The highest BCUT2D eigenvalue weighted by molar-refractivity contribution is 6.01. The van der Waals surface area contributed by atoms with Gasteiger partial charge in [-0.1, -0.05) is 30.7 Å². The average molecular weight is 359 g/mol. The van der Waals surface area contributed by atoms with Crippen LogP contribution in [0.3, 0.4) is 0 Å². The van der Waals surface area contributed by atoms with Gasteiger partial charge in [0.15, 0.2) is 0 Å². The minimum atomic E-state index is -1.23. The summed E-state index contributed by atoms with van der Waals surface area (Å²) in [5.74, 6) is -2.46. The standard InChI is InChI=1S/C8H19NO4.C8H6O4/c1-2-3-4-9(12-7-5-10)13-8-6-11;9-7(10)5-3-1-2-4-6(5)8(11)12/h10-11H,2-8H2,1H3;1-4H,(H,9,10)(H,11,12). The predicted molar refractivity (Wildman–Crippen MR) is 88.1 cm³/mol. The number of hydrogen-bond donors (Lipinski definition) is 4. The number of aliphatic hydroxyl groups excluding tert-OH is 2. The Morgan fingerprint density at radius 3 is 1.72 bits per heavy atom. The van der Waals surface area contributed by atoms with Gasteiger partial charge in [0, 0.05) is 0 Å². The summed E-state index contributed by atoms with van der Waals surface area (Å²) in [4.78, 5) is 31.0. The van der Waals surface area contributed by atoms with E-state index in [1.165, 1.54) is 29.5 Å². The number of carbonyl (C=O) groups is 2. The summed E-state index contributed by atoms with van der Waals surface area (Å²) in [5, 5.41) is 35.4. The van der Waals surface area contributed by atoms with E-state index in [1.807, 2.05) is 0 Å². The van der Waals surface area contributed by atoms with Gasteiger partial charge in [0.2, 0.25) is 0 Å². The van der Waals surface area contributed by atoms with E-state index in [1.54, 1.807) is 0 Å². The molecule has 9 heteroatoms. The molecule has 4 N–H and O–H groups in total. The Balaban J connectivity index is 0.000000462. The highest BCUT2D eigenvalue weighted by atomic mass is 16.9. The van der Waals surface area contributed by atoms with Crippen molar-refractivity contribution in [3.63, 3.8) is 0 Å². The molecule has 0 spiro atoms. The molecule has 0 bridgehead atoms. The first-order valence-corrected chi connectivity index (χ1v) is 7.78. The van der Waals surface area contributed by atoms with Crippen LogP contribution in [-0.4, -0.2) is 70.6 Å². The van der Waals surface area contributed by atoms with E-state index < -0.39 is 11.9 Å². The van der Waals surface area contributed by atoms with Crippen molar-refractivity contribution in [2.75, 3.05) is 33.0 Å². The van der Waals surface area contributed by atoms with Crippen LogP contribution in [-0.2, 0) is 9.68 Å². The molecule has 142 valence electrons. The fraction of sp³-hybridized carbons (Fsp3) is 0.500. The van der Waals surface area contributed by atoms with Crippen molar-refractivity contribution in [2.24, 2.45) is 0 Å². The van der Waals surface area contributed by atoms with E-state index in [0.717, 1.165) is 12.8 Å². The Morgan fingerprint density at radius 2 is 1.40 bits per heavy atom. The van der Waals surface area contributed by atoms with Crippen molar-refractivity contribution in [3.8, 4) is 0 Å². The van der Waals surface area contributed by atoms with Gasteiger partial charge in [-0.15, -0.1) is 0 Å². The average Bonchev–Trinajstić information content (AvgIpc) is 2.61. The molecule has 0 aliphatic heterocycles. The molecule has 0 saturated carbocycles. The highest BCUT2D eigenvalue weighted by Gasteiger charge is 2.13. The number of aliphatic hydroxyl groups is 2. The number of hydroxylamine groups is 2. The molecule has 0 amide bonds. The number of carboxylic acids is 2. The molecule has 0 aliphatic rings. The highest BCUT2D eigenvalue weighted by Crippen LogP contribution is 2.07. The predicted octanol–water partition coefficient (Wildman–Crippen LogP) is 1.02. The summed E-state index contributed by atoms with van der Waals surface area (Å²) in [6.07, 6.45) is 2.00. The Labute approximate surface area is 145 Å². The van der Waals surface area contributed by atoms with Crippen molar-refractivity contribution < 1.29 is 39.7 Å². The maximum absolute atomic E-state index is 10.5. The number of benzene rings is 1. The molecule has 0 atom stereocenters. The molecular formula is C16H25NO8. The monoisotopic (exact) mass is 359 g/mol. The van der Waals surface area contributed by atoms with E-state index in [9.17, 15) is 9.59 Å². The summed E-state index contributed by atoms with van der Waals surface area (Å²) < 4.78 is 0. The molecule has 0 radical (unpaired) electrons. The van der Waals surface area contributed by atoms with Crippen molar-refractivity contribution >= 4 is 11.9 Å². The van der Waals surface area contributed by atoms with E-state index in [0.29, 0.717) is 6.54 Å². The fourth-order valence-corrected chi connectivity index (χ4v) is 1.59. The van der Waals surface area contributed by atoms with E-state index in [4.69, 9.17) is 30.1 Å². The van der Waals surface area contributed by atoms with Crippen LogP contribution in [0.15, 0.2) is 24.3 Å². The lowest BCUT2D eigenvalue weighted by Gasteiger charge is -2.19. The van der Waals surface area contributed by atoms with Gasteiger partial charge in [-0.05, 0) is 18.6 Å². The minimum Gasteiger partial charge on any atom is -0.478 e. The first-order valence-electron chi connectivity index (χ1n) is 7.78. The third-order valence-electron chi connectivity index (χ3n) is 2.74. The van der Waals surface area contributed by atoms with Gasteiger partial charge in [0.25, 0.3) is 0 Å². The molecule has 0 heterocycles. The second kappa shape index (κ2) is 14.3. The van der Waals surface area contributed by atoms with Crippen LogP contribution in [0.4, 0.5) is 0 Å². The number of aromatic carboxylic acids is 2. The Kier molecular flexibility index (Phi) is 13.1. The van der Waals surface area contributed by atoms with E-state index in [2.05, 4.69) is 6.92 Å². The molecule has 0 aromatic heterocycles. The lowest BCUT2D eigenvalue weighted by molar-refractivity contribution is -0.371. The Bertz CT molecular complexity index is 457. The maximum atomic E-state index is 10.5. The van der Waals surface area contributed by atoms with Crippen LogP contribution in [0.5, 0.6) is 0 Å². The fourth-order valence-electron chi connectivity index (χ4n) is 1.59. The maximum Gasteiger partial charge on any atom is 0.336 e. The smallest absolute Gasteiger partial charge is 0.336 e. The normalized spacial score (nSPS) is 10.2. The van der Waals surface area contributed by atoms with E-state index >= 15 is 0 Å². The van der Waals surface area contributed by atoms with Crippen molar-refractivity contribution in [1.82, 2.24) is 5.23 Å². The van der Waals surface area contributed by atoms with E-state index in [-0.39, 0.29) is 37.6 Å². The van der Waals surface area contributed by atoms with Gasteiger partial charge in [0.1, 0.15) is 0 Å². The van der Waals surface area contributed by atoms with Crippen LogP contribution in [0, 0.1) is 0 Å². The lowest BCUT2D eigenvalue weighted by atomic mass is 10.1. The van der Waals surface area contributed by atoms with Gasteiger partial charge in [-0.2, -0.15) is 0 Å². The van der Waals surface area contributed by atoms with Gasteiger partial charge < -0.3 is 20.4 Å². The molecule has 0 unspecified atom stereocenters. The summed E-state index contributed by atoms with van der Waals surface area (Å²) in [6.45, 7) is 3.08. The number of nitrogens with zero attached hydrogens (tertiary/aromatic N) is 1. The van der Waals surface area contributed by atoms with Crippen LogP contribution in [0.1, 0.15) is 40.5 Å². The van der Waals surface area contributed by atoms with Gasteiger partial charge in [-0.3, -0.25) is 9.68 Å². The van der Waals surface area contributed by atoms with Crippen molar-refractivity contribution in [1.29, 1.82) is 0 Å². The van der Waals surface area contributed by atoms with Crippen LogP contribution < -0.4 is 0 Å². The zero-order chi connectivity index (χ0) is 19.1. The zero-order valence-corrected chi connectivity index (χ0v) is 14.1. The minimum absolute atomic E-state index is 0.0366. The number of carboxylic acid groups (broad SMARTS) is 2. The van der Waals surface area contributed by atoms with Gasteiger partial charge in [0.05, 0.1) is 44.1 Å². The summed E-state index contributed by atoms with van der Waals surface area (Å²) in [7, 11) is 0. The molecule has 9 nitrogen and oxygen atoms in total. The van der Waals surface area contributed by atoms with Crippen molar-refractivity contribution in [3.05, 3.63) is 35.4 Å². The topological polar surface area (TPSA) is 137 Å². The molecule has 0 aliphatic carbocycles. The number of unbranched alkanes of at least 4 members (excludes halogenated alkanes) is 1. The Morgan fingerprint density at radius 1 is 0.960 bits per heavy atom. The summed E-state index contributed by atoms with van der Waals surface area (Å²) in [5.41, 5.74) is -0.380. The number of rotatable bonds is 11. The molecule has 0 fully saturated rings. The quantitative estimate of drug-likeness (QED) is 0.427. The third-order valence-corrected chi connectivity index (χ3v) is 2.74. The largest absolute Gasteiger partial charge is 0.478 e. The molecule has 1 aromatic rings. The molecule has 0 saturated heterocycles.